The van der Waals surface area contributed by atoms with Gasteiger partial charge in [-0.3, -0.25) is 37.3 Å². The van der Waals surface area contributed by atoms with Crippen molar-refractivity contribution < 1.29 is 80.2 Å². The molecule has 0 aromatic carbocycles. The van der Waals surface area contributed by atoms with Crippen LogP contribution in [0.4, 0.5) is 0 Å². The highest BCUT2D eigenvalue weighted by Gasteiger charge is 2.30. The number of ether oxygens (including phenoxy) is 4. The summed E-state index contributed by atoms with van der Waals surface area (Å²) in [7, 11) is -9.90. The molecular weight excluding hydrogens is 1200 g/mol. The van der Waals surface area contributed by atoms with Gasteiger partial charge in [-0.25, -0.2) is 9.13 Å². The summed E-state index contributed by atoms with van der Waals surface area (Å²) >= 11 is 0. The molecule has 540 valence electrons. The number of aliphatic hydroxyl groups excluding tert-OH is 1. The first-order valence-electron chi connectivity index (χ1n) is 37.3. The van der Waals surface area contributed by atoms with Gasteiger partial charge in [-0.15, -0.1) is 0 Å². The minimum atomic E-state index is -4.95. The van der Waals surface area contributed by atoms with E-state index in [4.69, 9.17) is 37.0 Å². The first-order chi connectivity index (χ1) is 43.7. The second-order valence-corrected chi connectivity index (χ2v) is 30.3. The Morgan fingerprint density at radius 3 is 0.747 bits per heavy atom. The summed E-state index contributed by atoms with van der Waals surface area (Å²) in [4.78, 5) is 72.6. The summed E-state index contributed by atoms with van der Waals surface area (Å²) in [6.07, 6.45) is 47.2. The van der Waals surface area contributed by atoms with Crippen molar-refractivity contribution in [1.82, 2.24) is 0 Å². The zero-order valence-electron chi connectivity index (χ0n) is 59.3. The Morgan fingerprint density at radius 1 is 0.297 bits per heavy atom. The predicted molar refractivity (Wildman–Crippen MR) is 368 cm³/mol. The Balaban J connectivity index is 5.24. The molecule has 0 saturated heterocycles. The standard InChI is InChI=1S/C72H140O17P2/c1-8-9-10-11-12-13-14-20-23-32-39-46-53-69(74)82-59-67(88-71(76)55-48-41-34-24-21-18-16-15-17-19-22-29-36-43-50-63(2)3)61-86-90(78,79)84-57-66(73)58-85-91(80,81)87-62-68(89-72(77)56-49-42-35-28-26-31-38-45-52-65(6)7)60-83-70(75)54-47-40-33-27-25-30-37-44-51-64(4)5/h63-68,73H,8-62H2,1-7H3,(H,78,79)(H,80,81)/t66-,67-,68-/m1/s1. The SMILES string of the molecule is CCCCCCCCCCCCCCC(=O)OC[C@H](COP(=O)(O)OC[C@@H](O)COP(=O)(O)OC[C@@H](COC(=O)CCCCCCCCCCC(C)C)OC(=O)CCCCCCCCCCC(C)C)OC(=O)CCCCCCCCCCCCCCCCC(C)C. The number of phosphoric ester groups is 2. The van der Waals surface area contributed by atoms with Crippen molar-refractivity contribution in [3.63, 3.8) is 0 Å². The van der Waals surface area contributed by atoms with Gasteiger partial charge in [0.15, 0.2) is 12.2 Å². The van der Waals surface area contributed by atoms with Crippen LogP contribution in [0.25, 0.3) is 0 Å². The number of aliphatic hydroxyl groups is 1. The third-order valence-electron chi connectivity index (χ3n) is 16.6. The fourth-order valence-electron chi connectivity index (χ4n) is 10.9. The number of hydrogen-bond donors (Lipinski definition) is 3. The van der Waals surface area contributed by atoms with E-state index in [0.717, 1.165) is 108 Å². The van der Waals surface area contributed by atoms with Gasteiger partial charge in [0.2, 0.25) is 0 Å². The minimum Gasteiger partial charge on any atom is -0.462 e. The van der Waals surface area contributed by atoms with E-state index in [1.54, 1.807) is 0 Å². The Morgan fingerprint density at radius 2 is 0.505 bits per heavy atom. The number of rotatable bonds is 70. The number of hydrogen-bond acceptors (Lipinski definition) is 15. The number of esters is 4. The molecule has 0 radical (unpaired) electrons. The average molecular weight is 1340 g/mol. The van der Waals surface area contributed by atoms with E-state index in [2.05, 4.69) is 48.5 Å². The van der Waals surface area contributed by atoms with Crippen LogP contribution in [0.2, 0.25) is 0 Å². The van der Waals surface area contributed by atoms with Crippen LogP contribution < -0.4 is 0 Å². The lowest BCUT2D eigenvalue weighted by atomic mass is 10.0. The van der Waals surface area contributed by atoms with Gasteiger partial charge in [0.25, 0.3) is 0 Å². The summed E-state index contributed by atoms with van der Waals surface area (Å²) in [6, 6.07) is 0. The molecule has 0 bridgehead atoms. The largest absolute Gasteiger partial charge is 0.472 e. The van der Waals surface area contributed by atoms with Crippen LogP contribution in [0.1, 0.15) is 363 Å². The van der Waals surface area contributed by atoms with Crippen molar-refractivity contribution in [2.24, 2.45) is 17.8 Å². The molecule has 0 aromatic heterocycles. The van der Waals surface area contributed by atoms with E-state index in [0.29, 0.717) is 25.7 Å². The summed E-state index contributed by atoms with van der Waals surface area (Å²) in [5, 5.41) is 10.6. The van der Waals surface area contributed by atoms with Gasteiger partial charge in [0.1, 0.15) is 19.3 Å². The monoisotopic (exact) mass is 1340 g/mol. The minimum absolute atomic E-state index is 0.104. The molecule has 0 spiro atoms. The summed E-state index contributed by atoms with van der Waals surface area (Å²) in [5.74, 6) is 0.115. The third-order valence-corrected chi connectivity index (χ3v) is 18.5. The van der Waals surface area contributed by atoms with E-state index in [9.17, 15) is 43.2 Å². The fourth-order valence-corrected chi connectivity index (χ4v) is 12.5. The maximum absolute atomic E-state index is 13.0. The lowest BCUT2D eigenvalue weighted by molar-refractivity contribution is -0.161. The number of unbranched alkanes of at least 4 members (excludes halogenated alkanes) is 38. The van der Waals surface area contributed by atoms with Gasteiger partial charge in [-0.1, -0.05) is 312 Å². The molecule has 0 amide bonds. The van der Waals surface area contributed by atoms with Gasteiger partial charge in [0, 0.05) is 25.7 Å². The predicted octanol–water partition coefficient (Wildman–Crippen LogP) is 20.6. The maximum Gasteiger partial charge on any atom is 0.472 e. The number of phosphoric acid groups is 2. The molecule has 17 nitrogen and oxygen atoms in total. The average Bonchev–Trinajstić information content (AvgIpc) is 3.29. The van der Waals surface area contributed by atoms with E-state index in [-0.39, 0.29) is 25.7 Å². The topological polar surface area (TPSA) is 237 Å². The van der Waals surface area contributed by atoms with Crippen LogP contribution in [0, 0.1) is 17.8 Å². The zero-order chi connectivity index (χ0) is 67.3. The highest BCUT2D eigenvalue weighted by molar-refractivity contribution is 7.47. The van der Waals surface area contributed by atoms with Gasteiger partial charge >= 0.3 is 39.5 Å². The Kier molecular flexibility index (Phi) is 61.5. The molecule has 3 N–H and O–H groups in total. The van der Waals surface area contributed by atoms with Crippen LogP contribution >= 0.6 is 15.6 Å². The van der Waals surface area contributed by atoms with Crippen molar-refractivity contribution in [3.8, 4) is 0 Å². The second kappa shape index (κ2) is 62.8. The maximum atomic E-state index is 13.0. The molecule has 19 heteroatoms. The molecule has 0 aliphatic rings. The van der Waals surface area contributed by atoms with Gasteiger partial charge in [-0.2, -0.15) is 0 Å². The summed E-state index contributed by atoms with van der Waals surface area (Å²) in [6.45, 7) is 11.8. The molecule has 0 aliphatic carbocycles. The Labute approximate surface area is 556 Å². The molecule has 5 atom stereocenters. The van der Waals surface area contributed by atoms with Crippen molar-refractivity contribution in [1.29, 1.82) is 0 Å². The molecule has 91 heavy (non-hydrogen) atoms. The van der Waals surface area contributed by atoms with Crippen molar-refractivity contribution in [3.05, 3.63) is 0 Å². The second-order valence-electron chi connectivity index (χ2n) is 27.4. The van der Waals surface area contributed by atoms with Crippen LogP contribution in [-0.4, -0.2) is 96.7 Å². The van der Waals surface area contributed by atoms with Crippen LogP contribution in [-0.2, 0) is 65.4 Å². The van der Waals surface area contributed by atoms with E-state index >= 15 is 0 Å². The molecule has 0 aliphatic heterocycles. The first kappa shape index (κ1) is 89.1. The van der Waals surface area contributed by atoms with Gasteiger partial charge in [0.05, 0.1) is 26.4 Å². The summed E-state index contributed by atoms with van der Waals surface area (Å²) < 4.78 is 68.4. The highest BCUT2D eigenvalue weighted by Crippen LogP contribution is 2.45. The highest BCUT2D eigenvalue weighted by atomic mass is 31.2. The van der Waals surface area contributed by atoms with Crippen LogP contribution in [0.15, 0.2) is 0 Å². The zero-order valence-corrected chi connectivity index (χ0v) is 61.1. The Hall–Kier alpha value is -1.94. The number of carbonyl (C=O) groups is 4. The van der Waals surface area contributed by atoms with Gasteiger partial charge in [-0.05, 0) is 43.4 Å². The van der Waals surface area contributed by atoms with E-state index in [1.165, 1.54) is 173 Å². The molecule has 0 fully saturated rings. The fraction of sp³-hybridized carbons (Fsp3) is 0.944. The van der Waals surface area contributed by atoms with Crippen molar-refractivity contribution >= 4 is 39.5 Å². The van der Waals surface area contributed by atoms with Crippen molar-refractivity contribution in [2.75, 3.05) is 39.6 Å². The molecule has 0 heterocycles. The first-order valence-corrected chi connectivity index (χ1v) is 40.3. The van der Waals surface area contributed by atoms with Crippen LogP contribution in [0.5, 0.6) is 0 Å². The summed E-state index contributed by atoms with van der Waals surface area (Å²) in [5.41, 5.74) is 0. The molecular formula is C72H140O17P2. The third kappa shape index (κ3) is 66.5. The molecule has 0 aromatic rings. The normalized spacial score (nSPS) is 14.2. The van der Waals surface area contributed by atoms with Crippen molar-refractivity contribution in [2.45, 2.75) is 381 Å². The molecule has 0 saturated carbocycles. The lowest BCUT2D eigenvalue weighted by Crippen LogP contribution is -2.30. The number of carbonyl (C=O) groups excluding carboxylic acids is 4. The quantitative estimate of drug-likeness (QED) is 0.0222. The smallest absolute Gasteiger partial charge is 0.462 e. The van der Waals surface area contributed by atoms with E-state index in [1.807, 2.05) is 0 Å². The Bertz CT molecular complexity index is 1780. The van der Waals surface area contributed by atoms with Gasteiger partial charge < -0.3 is 33.8 Å². The molecule has 0 rings (SSSR count). The molecule has 2 unspecified atom stereocenters. The lowest BCUT2D eigenvalue weighted by Gasteiger charge is -2.21. The van der Waals surface area contributed by atoms with E-state index < -0.39 is 97.5 Å². The van der Waals surface area contributed by atoms with Crippen LogP contribution in [0.3, 0.4) is 0 Å².